The summed E-state index contributed by atoms with van der Waals surface area (Å²) in [7, 11) is 0. The van der Waals surface area contributed by atoms with Gasteiger partial charge in [0.25, 0.3) is 0 Å². The van der Waals surface area contributed by atoms with Gasteiger partial charge in [-0.15, -0.1) is 0 Å². The quantitative estimate of drug-likeness (QED) is 0.583. The van der Waals surface area contributed by atoms with Gasteiger partial charge >= 0.3 is 12.0 Å². The van der Waals surface area contributed by atoms with Gasteiger partial charge in [0.2, 0.25) is 0 Å². The molecule has 3 unspecified atom stereocenters. The molecule has 0 bridgehead atoms. The second-order valence-electron chi connectivity index (χ2n) is 6.15. The van der Waals surface area contributed by atoms with Crippen molar-refractivity contribution in [2.24, 2.45) is 0 Å². The maximum Gasteiger partial charge on any atom is 0.318 e. The van der Waals surface area contributed by atoms with E-state index >= 15 is 0 Å². The van der Waals surface area contributed by atoms with Gasteiger partial charge in [-0.05, 0) is 24.8 Å². The van der Waals surface area contributed by atoms with Gasteiger partial charge < -0.3 is 25.5 Å². The lowest BCUT2D eigenvalue weighted by atomic mass is 10.0. The van der Waals surface area contributed by atoms with E-state index in [9.17, 15) is 19.8 Å². The largest absolute Gasteiger partial charge is 0.481 e. The fourth-order valence-corrected chi connectivity index (χ4v) is 2.99. The van der Waals surface area contributed by atoms with Crippen LogP contribution in [0.3, 0.4) is 0 Å². The Labute approximate surface area is 140 Å². The predicted octanol–water partition coefficient (Wildman–Crippen LogP) is 0.600. The highest BCUT2D eigenvalue weighted by atomic mass is 16.4. The molecular weight excluding hydrogens is 312 g/mol. The van der Waals surface area contributed by atoms with Crippen LogP contribution in [0, 0.1) is 0 Å². The van der Waals surface area contributed by atoms with Crippen LogP contribution in [0.25, 0.3) is 0 Å². The van der Waals surface area contributed by atoms with Crippen molar-refractivity contribution in [3.63, 3.8) is 0 Å². The normalized spacial score (nSPS) is 21.5. The summed E-state index contributed by atoms with van der Waals surface area (Å²) in [6.07, 6.45) is 0.516. The number of aliphatic carboxylic acids is 1. The van der Waals surface area contributed by atoms with E-state index in [1.54, 1.807) is 0 Å². The molecule has 1 aliphatic rings. The van der Waals surface area contributed by atoms with Crippen LogP contribution in [0.1, 0.15) is 24.8 Å². The van der Waals surface area contributed by atoms with E-state index in [1.807, 2.05) is 30.3 Å². The highest BCUT2D eigenvalue weighted by Crippen LogP contribution is 2.18. The lowest BCUT2D eigenvalue weighted by molar-refractivity contribution is -0.137. The Hall–Kier alpha value is -2.12. The van der Waals surface area contributed by atoms with Crippen LogP contribution in [-0.2, 0) is 11.2 Å². The van der Waals surface area contributed by atoms with Gasteiger partial charge in [0.1, 0.15) is 0 Å². The van der Waals surface area contributed by atoms with Gasteiger partial charge in [0.15, 0.2) is 0 Å². The Bertz CT molecular complexity index is 551. The molecule has 0 aromatic heterocycles. The number of rotatable bonds is 7. The average molecular weight is 336 g/mol. The summed E-state index contributed by atoms with van der Waals surface area (Å²) in [6.45, 7) is -0.0307. The lowest BCUT2D eigenvalue weighted by Gasteiger charge is -2.26. The highest BCUT2D eigenvalue weighted by Gasteiger charge is 2.34. The first-order valence-electron chi connectivity index (χ1n) is 8.11. The van der Waals surface area contributed by atoms with Crippen molar-refractivity contribution < 1.29 is 24.9 Å². The number of nitrogens with one attached hydrogen (secondary N) is 1. The van der Waals surface area contributed by atoms with E-state index in [0.29, 0.717) is 19.3 Å². The van der Waals surface area contributed by atoms with Crippen LogP contribution in [-0.4, -0.2) is 63.6 Å². The third kappa shape index (κ3) is 5.21. The number of hydrogen-bond donors (Lipinski definition) is 4. The average Bonchev–Trinajstić information content (AvgIpc) is 2.94. The van der Waals surface area contributed by atoms with Crippen LogP contribution in [0.4, 0.5) is 4.79 Å². The lowest BCUT2D eigenvalue weighted by Crippen LogP contribution is -2.48. The van der Waals surface area contributed by atoms with E-state index in [-0.39, 0.29) is 31.6 Å². The fraction of sp³-hybridized carbons (Fsp3) is 0.529. The topological polar surface area (TPSA) is 110 Å². The van der Waals surface area contributed by atoms with Gasteiger partial charge in [-0.1, -0.05) is 30.3 Å². The van der Waals surface area contributed by atoms with Crippen molar-refractivity contribution in [3.05, 3.63) is 35.9 Å². The zero-order valence-electron chi connectivity index (χ0n) is 13.5. The molecule has 2 amide bonds. The Kier molecular flexibility index (Phi) is 6.57. The number of aliphatic hydroxyl groups excluding tert-OH is 2. The SMILES string of the molecule is O=C(O)CCC(Cc1ccccc1)NC(=O)N1CC(O)CC1CO. The monoisotopic (exact) mass is 336 g/mol. The Morgan fingerprint density at radius 2 is 2.00 bits per heavy atom. The first-order valence-corrected chi connectivity index (χ1v) is 8.11. The molecule has 1 fully saturated rings. The van der Waals surface area contributed by atoms with Gasteiger partial charge in [-0.2, -0.15) is 0 Å². The van der Waals surface area contributed by atoms with Gasteiger partial charge in [0.05, 0.1) is 18.8 Å². The minimum atomic E-state index is -0.910. The van der Waals surface area contributed by atoms with E-state index in [4.69, 9.17) is 5.11 Å². The second kappa shape index (κ2) is 8.65. The summed E-state index contributed by atoms with van der Waals surface area (Å²) >= 11 is 0. The third-order valence-electron chi connectivity index (χ3n) is 4.22. The molecular formula is C17H24N2O5. The first kappa shape index (κ1) is 18.2. The number of amides is 2. The maximum atomic E-state index is 12.5. The number of benzene rings is 1. The predicted molar refractivity (Wildman–Crippen MR) is 87.5 cm³/mol. The number of carboxylic acid groups (broad SMARTS) is 1. The van der Waals surface area contributed by atoms with Crippen molar-refractivity contribution in [1.82, 2.24) is 10.2 Å². The molecule has 0 radical (unpaired) electrons. The summed E-state index contributed by atoms with van der Waals surface area (Å²) in [6, 6.07) is 8.42. The van der Waals surface area contributed by atoms with Crippen molar-refractivity contribution in [3.8, 4) is 0 Å². The highest BCUT2D eigenvalue weighted by molar-refractivity contribution is 5.75. The van der Waals surface area contributed by atoms with E-state index in [2.05, 4.69) is 5.32 Å². The molecule has 1 aromatic carbocycles. The van der Waals surface area contributed by atoms with Crippen molar-refractivity contribution >= 4 is 12.0 Å². The minimum absolute atomic E-state index is 0.0379. The standard InChI is InChI=1S/C17H24N2O5/c20-11-14-9-15(21)10-19(14)17(24)18-13(6-7-16(22)23)8-12-4-2-1-3-5-12/h1-5,13-15,20-21H,6-11H2,(H,18,24)(H,22,23). The molecule has 24 heavy (non-hydrogen) atoms. The summed E-state index contributed by atoms with van der Waals surface area (Å²) in [5, 5.41) is 30.8. The number of β-amino-alcohol motifs (C(OH)–C–C–N with tert-alkyl or cyclic N) is 1. The molecule has 1 heterocycles. The Morgan fingerprint density at radius 1 is 1.29 bits per heavy atom. The number of carbonyl (C=O) groups excluding carboxylic acids is 1. The number of carbonyl (C=O) groups is 2. The molecule has 1 saturated heterocycles. The minimum Gasteiger partial charge on any atom is -0.481 e. The van der Waals surface area contributed by atoms with E-state index in [1.165, 1.54) is 4.90 Å². The number of likely N-dealkylation sites (tertiary alicyclic amines) is 1. The van der Waals surface area contributed by atoms with Gasteiger partial charge in [-0.3, -0.25) is 4.79 Å². The van der Waals surface area contributed by atoms with Crippen molar-refractivity contribution in [2.75, 3.05) is 13.2 Å². The molecule has 1 aliphatic heterocycles. The summed E-state index contributed by atoms with van der Waals surface area (Å²) in [4.78, 5) is 24.7. The number of aliphatic hydroxyl groups is 2. The molecule has 7 heteroatoms. The first-order chi connectivity index (χ1) is 11.5. The summed E-state index contributed by atoms with van der Waals surface area (Å²) in [5.41, 5.74) is 1.01. The molecule has 0 spiro atoms. The molecule has 4 N–H and O–H groups in total. The van der Waals surface area contributed by atoms with Gasteiger partial charge in [-0.25, -0.2) is 4.79 Å². The smallest absolute Gasteiger partial charge is 0.318 e. The van der Waals surface area contributed by atoms with Crippen LogP contribution in [0.15, 0.2) is 30.3 Å². The third-order valence-corrected chi connectivity index (χ3v) is 4.22. The fourth-order valence-electron chi connectivity index (χ4n) is 2.99. The number of urea groups is 1. The summed E-state index contributed by atoms with van der Waals surface area (Å²) < 4.78 is 0. The second-order valence-corrected chi connectivity index (χ2v) is 6.15. The Balaban J connectivity index is 2.00. The van der Waals surface area contributed by atoms with Crippen LogP contribution < -0.4 is 5.32 Å². The van der Waals surface area contributed by atoms with E-state index < -0.39 is 18.1 Å². The number of nitrogens with zero attached hydrogens (tertiary/aromatic N) is 1. The number of carboxylic acids is 1. The molecule has 7 nitrogen and oxygen atoms in total. The van der Waals surface area contributed by atoms with Gasteiger partial charge in [0, 0.05) is 19.0 Å². The van der Waals surface area contributed by atoms with Crippen molar-refractivity contribution in [1.29, 1.82) is 0 Å². The molecule has 1 aromatic rings. The van der Waals surface area contributed by atoms with E-state index in [0.717, 1.165) is 5.56 Å². The molecule has 3 atom stereocenters. The summed E-state index contributed by atoms with van der Waals surface area (Å²) in [5.74, 6) is -0.910. The maximum absolute atomic E-state index is 12.5. The van der Waals surface area contributed by atoms with Crippen LogP contribution >= 0.6 is 0 Å². The van der Waals surface area contributed by atoms with Crippen molar-refractivity contribution in [2.45, 2.75) is 43.9 Å². The van der Waals surface area contributed by atoms with Crippen LogP contribution in [0.5, 0.6) is 0 Å². The molecule has 132 valence electrons. The zero-order valence-corrected chi connectivity index (χ0v) is 13.5. The zero-order chi connectivity index (χ0) is 17.5. The Morgan fingerprint density at radius 3 is 2.62 bits per heavy atom. The number of hydrogen-bond acceptors (Lipinski definition) is 4. The van der Waals surface area contributed by atoms with Crippen LogP contribution in [0.2, 0.25) is 0 Å². The molecule has 2 rings (SSSR count). The molecule has 0 saturated carbocycles. The molecule has 0 aliphatic carbocycles.